The Bertz CT molecular complexity index is 485. The molecule has 0 aliphatic carbocycles. The molecule has 3 heteroatoms. The van der Waals surface area contributed by atoms with E-state index in [9.17, 15) is 0 Å². The van der Waals surface area contributed by atoms with Crippen LogP contribution in [-0.2, 0) is 12.5 Å². The van der Waals surface area contributed by atoms with E-state index in [2.05, 4.69) is 53.1 Å². The van der Waals surface area contributed by atoms with E-state index in [0.29, 0.717) is 0 Å². The molecular formula is C12H15BrN2. The first-order valence-corrected chi connectivity index (χ1v) is 6.16. The maximum Gasteiger partial charge on any atom is 0.0926 e. The number of nitrogens with zero attached hydrogens (tertiary/aromatic N) is 2. The number of rotatable bonds is 2. The fourth-order valence-electron chi connectivity index (χ4n) is 2.01. The lowest BCUT2D eigenvalue weighted by molar-refractivity contribution is 0.540. The van der Waals surface area contributed by atoms with Crippen LogP contribution in [0.5, 0.6) is 0 Å². The Labute approximate surface area is 98.4 Å². The zero-order chi connectivity index (χ0) is 11.1. The van der Waals surface area contributed by atoms with Crippen LogP contribution in [0.25, 0.3) is 10.9 Å². The van der Waals surface area contributed by atoms with Gasteiger partial charge in [-0.2, -0.15) is 5.10 Å². The van der Waals surface area contributed by atoms with Crippen LogP contribution in [0.1, 0.15) is 19.5 Å². The van der Waals surface area contributed by atoms with Crippen molar-refractivity contribution in [2.24, 2.45) is 7.05 Å². The van der Waals surface area contributed by atoms with Crippen LogP contribution in [-0.4, -0.2) is 15.1 Å². The molecule has 2 rings (SSSR count). The van der Waals surface area contributed by atoms with Crippen molar-refractivity contribution in [3.63, 3.8) is 0 Å². The third-order valence-electron chi connectivity index (χ3n) is 2.72. The summed E-state index contributed by atoms with van der Waals surface area (Å²) in [5, 5.41) is 6.71. The Morgan fingerprint density at radius 2 is 2.00 bits per heavy atom. The van der Waals surface area contributed by atoms with Crippen molar-refractivity contribution < 1.29 is 0 Å². The molecule has 0 unspecified atom stereocenters. The van der Waals surface area contributed by atoms with E-state index in [1.807, 2.05) is 17.8 Å². The van der Waals surface area contributed by atoms with E-state index < -0.39 is 0 Å². The second-order valence-electron chi connectivity index (χ2n) is 4.51. The number of fused-ring (bicyclic) bond motifs is 1. The molecule has 0 radical (unpaired) electrons. The summed E-state index contributed by atoms with van der Waals surface area (Å²) in [5.74, 6) is 0. The standard InChI is InChI=1S/C12H15BrN2/c1-12(2,8-13)11-9-6-4-5-7-10(9)14-15(11)3/h4-7H,8H2,1-3H3. The maximum absolute atomic E-state index is 4.52. The Morgan fingerprint density at radius 3 is 2.67 bits per heavy atom. The van der Waals surface area contributed by atoms with Gasteiger partial charge < -0.3 is 0 Å². The third-order valence-corrected chi connectivity index (χ3v) is 4.12. The van der Waals surface area contributed by atoms with Crippen LogP contribution in [0.3, 0.4) is 0 Å². The molecule has 0 saturated heterocycles. The number of hydrogen-bond donors (Lipinski definition) is 0. The molecule has 80 valence electrons. The van der Waals surface area contributed by atoms with Crippen LogP contribution in [0.4, 0.5) is 0 Å². The summed E-state index contributed by atoms with van der Waals surface area (Å²) >= 11 is 3.57. The molecule has 15 heavy (non-hydrogen) atoms. The van der Waals surface area contributed by atoms with Gasteiger partial charge in [0.15, 0.2) is 0 Å². The first-order chi connectivity index (χ1) is 7.06. The summed E-state index contributed by atoms with van der Waals surface area (Å²) in [4.78, 5) is 0. The van der Waals surface area contributed by atoms with Crippen molar-refractivity contribution in [3.05, 3.63) is 30.0 Å². The Kier molecular flexibility index (Phi) is 2.59. The van der Waals surface area contributed by atoms with E-state index in [-0.39, 0.29) is 5.41 Å². The first-order valence-electron chi connectivity index (χ1n) is 5.04. The Morgan fingerprint density at radius 1 is 1.33 bits per heavy atom. The molecule has 0 atom stereocenters. The van der Waals surface area contributed by atoms with Crippen molar-refractivity contribution >= 4 is 26.8 Å². The van der Waals surface area contributed by atoms with E-state index in [1.54, 1.807) is 0 Å². The third kappa shape index (κ3) is 1.69. The molecule has 0 N–H and O–H groups in total. The number of halogens is 1. The molecule has 1 aromatic heterocycles. The fraction of sp³-hybridized carbons (Fsp3) is 0.417. The van der Waals surface area contributed by atoms with E-state index in [4.69, 9.17) is 0 Å². The topological polar surface area (TPSA) is 17.8 Å². The molecule has 0 aliphatic rings. The SMILES string of the molecule is Cn1nc2ccccc2c1C(C)(C)CBr. The second kappa shape index (κ2) is 3.63. The number of aromatic nitrogens is 2. The Hall–Kier alpha value is -0.830. The van der Waals surface area contributed by atoms with Crippen LogP contribution in [0.15, 0.2) is 24.3 Å². The predicted molar refractivity (Wildman–Crippen MR) is 67.5 cm³/mol. The summed E-state index contributed by atoms with van der Waals surface area (Å²) < 4.78 is 1.99. The number of hydrogen-bond acceptors (Lipinski definition) is 1. The van der Waals surface area contributed by atoms with Crippen LogP contribution in [0.2, 0.25) is 0 Å². The average Bonchev–Trinajstić information content (AvgIpc) is 2.54. The molecule has 0 amide bonds. The number of alkyl halides is 1. The maximum atomic E-state index is 4.52. The highest BCUT2D eigenvalue weighted by Crippen LogP contribution is 2.31. The highest BCUT2D eigenvalue weighted by atomic mass is 79.9. The van der Waals surface area contributed by atoms with Crippen LogP contribution < -0.4 is 0 Å². The van der Waals surface area contributed by atoms with Crippen molar-refractivity contribution in [1.82, 2.24) is 9.78 Å². The smallest absolute Gasteiger partial charge is 0.0926 e. The summed E-state index contributed by atoms with van der Waals surface area (Å²) in [6, 6.07) is 8.29. The zero-order valence-electron chi connectivity index (χ0n) is 9.29. The molecule has 2 aromatic rings. The summed E-state index contributed by atoms with van der Waals surface area (Å²) in [7, 11) is 2.01. The van der Waals surface area contributed by atoms with Gasteiger partial charge in [-0.25, -0.2) is 0 Å². The monoisotopic (exact) mass is 266 g/mol. The summed E-state index contributed by atoms with van der Waals surface area (Å²) in [6.45, 7) is 4.45. The quantitative estimate of drug-likeness (QED) is 0.764. The molecule has 0 fully saturated rings. The van der Waals surface area contributed by atoms with Gasteiger partial charge in [-0.3, -0.25) is 4.68 Å². The molecule has 0 spiro atoms. The van der Waals surface area contributed by atoms with Crippen molar-refractivity contribution in [1.29, 1.82) is 0 Å². The van der Waals surface area contributed by atoms with Gasteiger partial charge in [0, 0.05) is 23.2 Å². The molecule has 1 aromatic carbocycles. The molecule has 2 nitrogen and oxygen atoms in total. The van der Waals surface area contributed by atoms with Gasteiger partial charge in [0.1, 0.15) is 0 Å². The minimum Gasteiger partial charge on any atom is -0.271 e. The summed E-state index contributed by atoms with van der Waals surface area (Å²) in [6.07, 6.45) is 0. The lowest BCUT2D eigenvalue weighted by Gasteiger charge is -2.22. The zero-order valence-corrected chi connectivity index (χ0v) is 10.9. The van der Waals surface area contributed by atoms with Gasteiger partial charge in [-0.05, 0) is 6.07 Å². The van der Waals surface area contributed by atoms with Gasteiger partial charge in [-0.1, -0.05) is 48.0 Å². The van der Waals surface area contributed by atoms with E-state index in [1.165, 1.54) is 11.1 Å². The second-order valence-corrected chi connectivity index (χ2v) is 5.07. The highest BCUT2D eigenvalue weighted by Gasteiger charge is 2.25. The molecular weight excluding hydrogens is 252 g/mol. The number of benzene rings is 1. The van der Waals surface area contributed by atoms with Crippen molar-refractivity contribution in [2.45, 2.75) is 19.3 Å². The van der Waals surface area contributed by atoms with Crippen LogP contribution >= 0.6 is 15.9 Å². The largest absolute Gasteiger partial charge is 0.271 e. The molecule has 0 bridgehead atoms. The minimum absolute atomic E-state index is 0.102. The van der Waals surface area contributed by atoms with Crippen molar-refractivity contribution in [2.75, 3.05) is 5.33 Å². The first kappa shape index (κ1) is 10.7. The van der Waals surface area contributed by atoms with Gasteiger partial charge in [0.05, 0.1) is 11.2 Å². The van der Waals surface area contributed by atoms with Gasteiger partial charge in [0.25, 0.3) is 0 Å². The van der Waals surface area contributed by atoms with Crippen molar-refractivity contribution in [3.8, 4) is 0 Å². The Balaban J connectivity index is 2.74. The molecule has 0 aliphatic heterocycles. The lowest BCUT2D eigenvalue weighted by atomic mass is 9.89. The molecule has 1 heterocycles. The normalized spacial score (nSPS) is 12.3. The predicted octanol–water partition coefficient (Wildman–Crippen LogP) is 3.25. The van der Waals surface area contributed by atoms with Gasteiger partial charge in [0.2, 0.25) is 0 Å². The van der Waals surface area contributed by atoms with Gasteiger partial charge >= 0.3 is 0 Å². The molecule has 0 saturated carbocycles. The highest BCUT2D eigenvalue weighted by molar-refractivity contribution is 9.09. The van der Waals surface area contributed by atoms with Gasteiger partial charge in [-0.15, -0.1) is 0 Å². The average molecular weight is 267 g/mol. The number of aryl methyl sites for hydroxylation is 1. The fourth-order valence-corrected chi connectivity index (χ4v) is 2.28. The minimum atomic E-state index is 0.102. The summed E-state index contributed by atoms with van der Waals surface area (Å²) in [5.41, 5.74) is 2.46. The van der Waals surface area contributed by atoms with E-state index in [0.717, 1.165) is 10.8 Å². The lowest BCUT2D eigenvalue weighted by Crippen LogP contribution is -2.22. The van der Waals surface area contributed by atoms with E-state index >= 15 is 0 Å². The van der Waals surface area contributed by atoms with Crippen LogP contribution in [0, 0.1) is 0 Å².